The first-order valence-electron chi connectivity index (χ1n) is 7.03. The van der Waals surface area contributed by atoms with Gasteiger partial charge < -0.3 is 10.2 Å². The van der Waals surface area contributed by atoms with Gasteiger partial charge >= 0.3 is 11.9 Å². The Morgan fingerprint density at radius 1 is 0.727 bits per heavy atom. The Morgan fingerprint density at radius 2 is 1.14 bits per heavy atom. The molecule has 0 aliphatic heterocycles. The van der Waals surface area contributed by atoms with Crippen molar-refractivity contribution < 1.29 is 19.8 Å². The highest BCUT2D eigenvalue weighted by atomic mass is 16.4. The Balaban J connectivity index is 2.25. The van der Waals surface area contributed by atoms with Crippen LogP contribution in [0.3, 0.4) is 0 Å². The average Bonchev–Trinajstić information content (AvgIpc) is 2.43. The van der Waals surface area contributed by atoms with Crippen LogP contribution in [0.1, 0.15) is 43.0 Å². The Hall–Kier alpha value is -2.62. The molecule has 0 unspecified atom stereocenters. The lowest BCUT2D eigenvalue weighted by atomic mass is 9.98. The molecule has 2 rings (SSSR count). The lowest BCUT2D eigenvalue weighted by Crippen LogP contribution is -2.05. The summed E-state index contributed by atoms with van der Waals surface area (Å²) in [6, 6.07) is 10.5. The molecule has 0 saturated heterocycles. The standard InChI is InChI=1S/C18H18O4/c1-11-5-12(2)7-13(6-11)3-4-14-8-15(17(19)20)10-16(9-14)18(21)22/h5-10H,3-4H2,1-2H3,(H,19,20)(H,21,22). The largest absolute Gasteiger partial charge is 0.478 e. The van der Waals surface area contributed by atoms with Gasteiger partial charge in [0.25, 0.3) is 0 Å². The van der Waals surface area contributed by atoms with Crippen LogP contribution in [-0.2, 0) is 12.8 Å². The van der Waals surface area contributed by atoms with E-state index >= 15 is 0 Å². The van der Waals surface area contributed by atoms with Crippen LogP contribution < -0.4 is 0 Å². The fourth-order valence-electron chi connectivity index (χ4n) is 2.59. The molecule has 0 atom stereocenters. The van der Waals surface area contributed by atoms with E-state index in [1.807, 2.05) is 13.8 Å². The number of rotatable bonds is 5. The third-order valence-corrected chi connectivity index (χ3v) is 3.47. The summed E-state index contributed by atoms with van der Waals surface area (Å²) in [5.41, 5.74) is 4.26. The minimum absolute atomic E-state index is 0.00956. The van der Waals surface area contributed by atoms with Gasteiger partial charge in [-0.05, 0) is 56.0 Å². The van der Waals surface area contributed by atoms with Crippen molar-refractivity contribution in [1.29, 1.82) is 0 Å². The summed E-state index contributed by atoms with van der Waals surface area (Å²) in [6.45, 7) is 4.06. The van der Waals surface area contributed by atoms with Gasteiger partial charge in [-0.15, -0.1) is 0 Å². The van der Waals surface area contributed by atoms with E-state index in [2.05, 4.69) is 18.2 Å². The maximum atomic E-state index is 11.1. The van der Waals surface area contributed by atoms with Crippen LogP contribution in [0, 0.1) is 13.8 Å². The average molecular weight is 298 g/mol. The molecule has 4 nitrogen and oxygen atoms in total. The molecule has 2 N–H and O–H groups in total. The predicted octanol–water partition coefficient (Wildman–Crippen LogP) is 3.49. The third kappa shape index (κ3) is 3.95. The van der Waals surface area contributed by atoms with Gasteiger partial charge in [0.15, 0.2) is 0 Å². The molecule has 0 bridgehead atoms. The fraction of sp³-hybridized carbons (Fsp3) is 0.222. The third-order valence-electron chi connectivity index (χ3n) is 3.47. The summed E-state index contributed by atoms with van der Waals surface area (Å²) in [4.78, 5) is 22.2. The monoisotopic (exact) mass is 298 g/mol. The number of hydrogen-bond acceptors (Lipinski definition) is 2. The first-order valence-corrected chi connectivity index (χ1v) is 7.03. The number of aryl methyl sites for hydroxylation is 4. The van der Waals surface area contributed by atoms with Crippen LogP contribution >= 0.6 is 0 Å². The van der Waals surface area contributed by atoms with E-state index in [9.17, 15) is 9.59 Å². The van der Waals surface area contributed by atoms with Crippen LogP contribution in [0.25, 0.3) is 0 Å². The van der Waals surface area contributed by atoms with Crippen molar-refractivity contribution in [3.63, 3.8) is 0 Å². The molecule has 22 heavy (non-hydrogen) atoms. The summed E-state index contributed by atoms with van der Waals surface area (Å²) in [7, 11) is 0. The smallest absolute Gasteiger partial charge is 0.335 e. The highest BCUT2D eigenvalue weighted by molar-refractivity contribution is 5.94. The molecule has 2 aromatic carbocycles. The highest BCUT2D eigenvalue weighted by Crippen LogP contribution is 2.15. The molecule has 0 aliphatic rings. The van der Waals surface area contributed by atoms with Crippen LogP contribution in [0.2, 0.25) is 0 Å². The number of carboxylic acid groups (broad SMARTS) is 2. The lowest BCUT2D eigenvalue weighted by Gasteiger charge is -2.07. The maximum Gasteiger partial charge on any atom is 0.335 e. The Morgan fingerprint density at radius 3 is 1.55 bits per heavy atom. The zero-order chi connectivity index (χ0) is 16.3. The van der Waals surface area contributed by atoms with Gasteiger partial charge in [0.1, 0.15) is 0 Å². The van der Waals surface area contributed by atoms with Crippen LogP contribution in [0.15, 0.2) is 36.4 Å². The number of carboxylic acids is 2. The van der Waals surface area contributed by atoms with E-state index < -0.39 is 11.9 Å². The van der Waals surface area contributed by atoms with Gasteiger partial charge in [0.2, 0.25) is 0 Å². The lowest BCUT2D eigenvalue weighted by molar-refractivity contribution is 0.0696. The predicted molar refractivity (Wildman–Crippen MR) is 83.7 cm³/mol. The maximum absolute atomic E-state index is 11.1. The Kier molecular flexibility index (Phi) is 4.61. The molecule has 0 aromatic heterocycles. The van der Waals surface area contributed by atoms with E-state index in [0.29, 0.717) is 6.42 Å². The van der Waals surface area contributed by atoms with Crippen molar-refractivity contribution in [2.24, 2.45) is 0 Å². The van der Waals surface area contributed by atoms with Gasteiger partial charge in [0, 0.05) is 0 Å². The van der Waals surface area contributed by atoms with Gasteiger partial charge in [-0.1, -0.05) is 29.3 Å². The molecule has 0 fully saturated rings. The van der Waals surface area contributed by atoms with Gasteiger partial charge in [-0.2, -0.15) is 0 Å². The normalized spacial score (nSPS) is 10.5. The molecule has 0 heterocycles. The molecule has 114 valence electrons. The molecule has 0 radical (unpaired) electrons. The number of aromatic carboxylic acids is 2. The number of carbonyl (C=O) groups is 2. The van der Waals surface area contributed by atoms with Crippen LogP contribution in [0.5, 0.6) is 0 Å². The molecular weight excluding hydrogens is 280 g/mol. The molecule has 2 aromatic rings. The van der Waals surface area contributed by atoms with E-state index in [0.717, 1.165) is 17.5 Å². The van der Waals surface area contributed by atoms with E-state index in [-0.39, 0.29) is 11.1 Å². The highest BCUT2D eigenvalue weighted by Gasteiger charge is 2.11. The zero-order valence-corrected chi connectivity index (χ0v) is 12.6. The molecule has 0 saturated carbocycles. The zero-order valence-electron chi connectivity index (χ0n) is 12.6. The van der Waals surface area contributed by atoms with Crippen molar-refractivity contribution in [1.82, 2.24) is 0 Å². The Labute approximate surface area is 129 Å². The SMILES string of the molecule is Cc1cc(C)cc(CCc2cc(C(=O)O)cc(C(=O)O)c2)c1. The van der Waals surface area contributed by atoms with Gasteiger partial charge in [-0.3, -0.25) is 0 Å². The first kappa shape index (κ1) is 15.8. The summed E-state index contributed by atoms with van der Waals surface area (Å²) in [5.74, 6) is -2.23. The summed E-state index contributed by atoms with van der Waals surface area (Å²) in [5, 5.41) is 18.2. The van der Waals surface area contributed by atoms with Crippen molar-refractivity contribution >= 4 is 11.9 Å². The minimum Gasteiger partial charge on any atom is -0.478 e. The van der Waals surface area contributed by atoms with Crippen molar-refractivity contribution in [3.8, 4) is 0 Å². The van der Waals surface area contributed by atoms with Crippen molar-refractivity contribution in [2.75, 3.05) is 0 Å². The number of hydrogen-bond donors (Lipinski definition) is 2. The second-order valence-electron chi connectivity index (χ2n) is 5.52. The van der Waals surface area contributed by atoms with E-state index in [1.54, 1.807) is 0 Å². The summed E-state index contributed by atoms with van der Waals surface area (Å²) >= 11 is 0. The molecule has 0 aliphatic carbocycles. The van der Waals surface area contributed by atoms with Crippen LogP contribution in [0.4, 0.5) is 0 Å². The second-order valence-corrected chi connectivity index (χ2v) is 5.52. The topological polar surface area (TPSA) is 74.6 Å². The summed E-state index contributed by atoms with van der Waals surface area (Å²) in [6.07, 6.45) is 1.34. The Bertz CT molecular complexity index is 679. The van der Waals surface area contributed by atoms with Crippen molar-refractivity contribution in [2.45, 2.75) is 26.7 Å². The molecule has 0 spiro atoms. The quantitative estimate of drug-likeness (QED) is 0.886. The fourth-order valence-corrected chi connectivity index (χ4v) is 2.59. The number of benzene rings is 2. The van der Waals surface area contributed by atoms with Crippen LogP contribution in [-0.4, -0.2) is 22.2 Å². The van der Waals surface area contributed by atoms with E-state index in [1.165, 1.54) is 29.3 Å². The van der Waals surface area contributed by atoms with Gasteiger partial charge in [0.05, 0.1) is 11.1 Å². The summed E-state index contributed by atoms with van der Waals surface area (Å²) < 4.78 is 0. The molecule has 4 heteroatoms. The minimum atomic E-state index is -1.12. The molecule has 0 amide bonds. The molecular formula is C18H18O4. The van der Waals surface area contributed by atoms with Gasteiger partial charge in [-0.25, -0.2) is 9.59 Å². The van der Waals surface area contributed by atoms with Crippen molar-refractivity contribution in [3.05, 3.63) is 69.8 Å². The second kappa shape index (κ2) is 6.43. The van der Waals surface area contributed by atoms with E-state index in [4.69, 9.17) is 10.2 Å². The first-order chi connectivity index (χ1) is 10.3.